The zero-order chi connectivity index (χ0) is 66.3. The Hall–Kier alpha value is -11.8. The molecule has 3 nitrogen and oxygen atoms in total. The normalized spacial score (nSPS) is 12.7. The van der Waals surface area contributed by atoms with Crippen LogP contribution in [0.4, 0.5) is 34.1 Å². The third-order valence-electron chi connectivity index (χ3n) is 21.1. The molecule has 100 heavy (non-hydrogen) atoms. The predicted octanol–water partition coefficient (Wildman–Crippen LogP) is 24.9. The number of aromatic nitrogens is 1. The summed E-state index contributed by atoms with van der Waals surface area (Å²) in [5.74, 6) is 0. The Morgan fingerprint density at radius 3 is 1.08 bits per heavy atom. The molecule has 5 heterocycles. The highest BCUT2D eigenvalue weighted by Gasteiger charge is 2.45. The van der Waals surface area contributed by atoms with Crippen LogP contribution in [0.1, 0.15) is 26.3 Å². The Labute approximate surface area is 590 Å². The van der Waals surface area contributed by atoms with Crippen LogP contribution in [-0.4, -0.2) is 11.3 Å². The van der Waals surface area contributed by atoms with Crippen molar-refractivity contribution in [1.82, 2.24) is 4.57 Å². The van der Waals surface area contributed by atoms with Crippen molar-refractivity contribution in [3.63, 3.8) is 0 Å². The van der Waals surface area contributed by atoms with Crippen molar-refractivity contribution < 1.29 is 0 Å². The van der Waals surface area contributed by atoms with Gasteiger partial charge in [-0.3, -0.25) is 0 Å². The van der Waals surface area contributed by atoms with Crippen molar-refractivity contribution in [2.75, 3.05) is 9.80 Å². The number of hydrogen-bond donors (Lipinski definition) is 0. The number of anilines is 6. The summed E-state index contributed by atoms with van der Waals surface area (Å²) in [4.78, 5) is 5.38. The Kier molecular flexibility index (Phi) is 13.4. The van der Waals surface area contributed by atoms with Gasteiger partial charge in [0.2, 0.25) is 0 Å². The molecule has 2 aliphatic heterocycles. The molecule has 470 valence electrons. The van der Waals surface area contributed by atoms with Crippen molar-refractivity contribution in [3.8, 4) is 72.4 Å². The topological polar surface area (TPSA) is 11.4 Å². The first-order valence-electron chi connectivity index (χ1n) is 34.6. The predicted molar refractivity (Wildman–Crippen MR) is 432 cm³/mol. The lowest BCUT2D eigenvalue weighted by atomic mass is 9.33. The van der Waals surface area contributed by atoms with Gasteiger partial charge >= 0.3 is 0 Å². The Balaban J connectivity index is 0.940. The number of benzene rings is 15. The van der Waals surface area contributed by atoms with E-state index in [1.807, 2.05) is 22.7 Å². The Morgan fingerprint density at radius 2 is 0.620 bits per heavy atom. The van der Waals surface area contributed by atoms with E-state index in [9.17, 15) is 0 Å². The van der Waals surface area contributed by atoms with Crippen molar-refractivity contribution in [3.05, 3.63) is 339 Å². The van der Waals surface area contributed by atoms with E-state index in [0.29, 0.717) is 0 Å². The van der Waals surface area contributed by atoms with Gasteiger partial charge in [-0.1, -0.05) is 257 Å². The molecule has 2 aliphatic rings. The van der Waals surface area contributed by atoms with Crippen LogP contribution < -0.4 is 26.2 Å². The quantitative estimate of drug-likeness (QED) is 0.133. The number of rotatable bonds is 9. The second-order valence-electron chi connectivity index (χ2n) is 27.9. The van der Waals surface area contributed by atoms with Crippen LogP contribution in [0.3, 0.4) is 0 Å². The van der Waals surface area contributed by atoms with Gasteiger partial charge in [-0.25, -0.2) is 0 Å². The lowest BCUT2D eigenvalue weighted by Gasteiger charge is -2.45. The first-order chi connectivity index (χ1) is 49.2. The zero-order valence-electron chi connectivity index (χ0n) is 55.5. The minimum atomic E-state index is -0.245. The van der Waals surface area contributed by atoms with Gasteiger partial charge in [-0.2, -0.15) is 0 Å². The summed E-state index contributed by atoms with van der Waals surface area (Å²) in [5, 5.41) is 7.42. The maximum atomic E-state index is 2.69. The second-order valence-corrected chi connectivity index (χ2v) is 30.1. The van der Waals surface area contributed by atoms with Crippen LogP contribution in [0.5, 0.6) is 0 Å². The lowest BCUT2D eigenvalue weighted by molar-refractivity contribution is 0.590. The van der Waals surface area contributed by atoms with Crippen molar-refractivity contribution in [2.45, 2.75) is 26.2 Å². The van der Waals surface area contributed by atoms with Gasteiger partial charge in [-0.05, 0) is 191 Å². The monoisotopic (exact) mass is 1310 g/mol. The molecule has 0 unspecified atom stereocenters. The molecule has 0 fully saturated rings. The average Bonchev–Trinajstić information content (AvgIpc) is 0.710. The fourth-order valence-corrected chi connectivity index (χ4v) is 18.7. The Bertz CT molecular complexity index is 6190. The van der Waals surface area contributed by atoms with Crippen LogP contribution in [0, 0.1) is 0 Å². The highest BCUT2D eigenvalue weighted by molar-refractivity contribution is 7.26. The highest BCUT2D eigenvalue weighted by atomic mass is 32.1. The number of fused-ring (bicyclic) bond motifs is 13. The van der Waals surface area contributed by atoms with Gasteiger partial charge in [0.15, 0.2) is 0 Å². The molecule has 3 aromatic heterocycles. The summed E-state index contributed by atoms with van der Waals surface area (Å²) >= 11 is 3.78. The summed E-state index contributed by atoms with van der Waals surface area (Å²) in [5.41, 5.74) is 29.5. The molecule has 0 aliphatic carbocycles. The first-order valence-corrected chi connectivity index (χ1v) is 36.3. The minimum Gasteiger partial charge on any atom is -0.311 e. The van der Waals surface area contributed by atoms with Crippen molar-refractivity contribution >= 4 is 142 Å². The van der Waals surface area contributed by atoms with E-state index in [2.05, 4.69) is 369 Å². The van der Waals surface area contributed by atoms with Crippen LogP contribution in [0.25, 0.3) is 135 Å². The number of thiophene rings is 2. The Morgan fingerprint density at radius 1 is 0.260 bits per heavy atom. The first kappa shape index (κ1) is 58.4. The molecule has 0 bridgehead atoms. The van der Waals surface area contributed by atoms with Gasteiger partial charge in [0.05, 0.1) is 22.4 Å². The molecule has 0 atom stereocenters. The maximum Gasteiger partial charge on any atom is 0.252 e. The summed E-state index contributed by atoms with van der Waals surface area (Å²) in [6.45, 7) is 6.69. The van der Waals surface area contributed by atoms with Gasteiger partial charge in [-0.15, -0.1) is 22.7 Å². The van der Waals surface area contributed by atoms with Crippen LogP contribution in [-0.2, 0) is 5.41 Å². The summed E-state index contributed by atoms with van der Waals surface area (Å²) in [6.07, 6.45) is 0. The van der Waals surface area contributed by atoms with Crippen molar-refractivity contribution in [1.29, 1.82) is 0 Å². The standard InChI is InChI=1S/C94H64BN3S2/c1-94(2,3)71-42-37-64(38-43-71)68-54-85-93-86(55-68)98(84-53-70(63-31-17-8-18-32-63)57-90-92(84)74-34-20-22-36-88(74)100-90)82-48-44-72(96-79-45-39-65(59-23-9-4-10-24-59)49-75(79)76-50-66(40-46-80(76)96)60-25-11-5-12-26-60)58-78(82)95(93)77-51-67(61-27-13-6-14-28-61)41-47-81(77)97(85)83-52-69(62-29-15-7-16-30-62)56-89-91(83)73-33-19-21-35-87(73)99-89/h4-58H,1-3H3. The van der Waals surface area contributed by atoms with E-state index in [1.54, 1.807) is 0 Å². The molecular weight excluding hydrogens is 1250 g/mol. The van der Waals surface area contributed by atoms with E-state index in [4.69, 9.17) is 0 Å². The van der Waals surface area contributed by atoms with Crippen LogP contribution in [0.15, 0.2) is 334 Å². The SMILES string of the molecule is CC(C)(C)c1ccc(-c2cc3c4c(c2)N(c2cc(-c5ccccc5)cc5sc6ccccc6c25)c2ccc(-n5c6ccc(-c7ccccc7)cc6c6cc(-c7ccccc7)ccc65)cc2B4c2cc(-c4ccccc4)ccc2N3c2cc(-c3ccccc3)cc3sc4ccccc4c23)cc1. The van der Waals surface area contributed by atoms with E-state index >= 15 is 0 Å². The third kappa shape index (κ3) is 9.39. The maximum absolute atomic E-state index is 2.69. The van der Waals surface area contributed by atoms with Crippen LogP contribution >= 0.6 is 22.7 Å². The summed E-state index contributed by atoms with van der Waals surface area (Å²) < 4.78 is 7.58. The van der Waals surface area contributed by atoms with E-state index in [-0.39, 0.29) is 12.1 Å². The van der Waals surface area contributed by atoms with Crippen LogP contribution in [0.2, 0.25) is 0 Å². The van der Waals surface area contributed by atoms with E-state index in [1.165, 1.54) is 134 Å². The lowest BCUT2D eigenvalue weighted by Crippen LogP contribution is -2.61. The zero-order valence-corrected chi connectivity index (χ0v) is 57.1. The average molecular weight is 1310 g/mol. The smallest absolute Gasteiger partial charge is 0.252 e. The van der Waals surface area contributed by atoms with Gasteiger partial charge < -0.3 is 14.4 Å². The minimum absolute atomic E-state index is 0.0294. The van der Waals surface area contributed by atoms with E-state index < -0.39 is 0 Å². The second kappa shape index (κ2) is 22.9. The van der Waals surface area contributed by atoms with Gasteiger partial charge in [0, 0.05) is 79.6 Å². The fraction of sp³-hybridized carbons (Fsp3) is 0.0426. The molecule has 20 rings (SSSR count). The van der Waals surface area contributed by atoms with Crippen molar-refractivity contribution in [2.24, 2.45) is 0 Å². The molecule has 0 amide bonds. The molecule has 0 N–H and O–H groups in total. The molecule has 0 saturated carbocycles. The largest absolute Gasteiger partial charge is 0.311 e. The molecule has 18 aromatic rings. The summed E-state index contributed by atoms with van der Waals surface area (Å²) in [7, 11) is 0. The third-order valence-corrected chi connectivity index (χ3v) is 23.3. The number of hydrogen-bond acceptors (Lipinski definition) is 4. The molecule has 0 saturated heterocycles. The highest BCUT2D eigenvalue weighted by Crippen LogP contribution is 2.54. The molecular formula is C94H64BN3S2. The molecule has 6 heteroatoms. The van der Waals surface area contributed by atoms with E-state index in [0.717, 1.165) is 56.4 Å². The molecule has 0 radical (unpaired) electrons. The molecule has 15 aromatic carbocycles. The molecule has 0 spiro atoms. The fourth-order valence-electron chi connectivity index (χ4n) is 16.3. The summed E-state index contributed by atoms with van der Waals surface area (Å²) in [6, 6.07) is 126. The van der Waals surface area contributed by atoms with Gasteiger partial charge in [0.1, 0.15) is 0 Å². The van der Waals surface area contributed by atoms with Gasteiger partial charge in [0.25, 0.3) is 6.71 Å². The number of nitrogens with zero attached hydrogens (tertiary/aromatic N) is 3.